The van der Waals surface area contributed by atoms with E-state index in [0.717, 1.165) is 24.0 Å². The molecule has 1 fully saturated rings. The number of ether oxygens (including phenoxy) is 3. The lowest BCUT2D eigenvalue weighted by molar-refractivity contribution is -0.143. The Bertz CT molecular complexity index is 1220. The van der Waals surface area contributed by atoms with Gasteiger partial charge in [0, 0.05) is 38.1 Å². The maximum Gasteiger partial charge on any atom is 0.309 e. The molecule has 2 aliphatic heterocycles. The summed E-state index contributed by atoms with van der Waals surface area (Å²) in [5.41, 5.74) is 1.73. The summed E-state index contributed by atoms with van der Waals surface area (Å²) in [6, 6.07) is 12.6. The van der Waals surface area contributed by atoms with Crippen LogP contribution in [0.1, 0.15) is 62.6 Å². The zero-order valence-corrected chi connectivity index (χ0v) is 23.9. The van der Waals surface area contributed by atoms with Crippen LogP contribution in [-0.2, 0) is 14.8 Å². The number of methoxy groups -OCH3 is 1. The summed E-state index contributed by atoms with van der Waals surface area (Å²) in [6.07, 6.45) is 3.19. The van der Waals surface area contributed by atoms with Gasteiger partial charge in [-0.25, -0.2) is 12.7 Å². The molecule has 0 spiro atoms. The fraction of sp³-hybridized carbons (Fsp3) is 0.552. The van der Waals surface area contributed by atoms with Crippen LogP contribution in [0.2, 0.25) is 0 Å². The molecule has 2 aliphatic rings. The number of nitrogens with zero attached hydrogens (tertiary/aromatic N) is 2. The molecule has 4 rings (SSSR count). The monoisotopic (exact) mass is 560 g/mol. The van der Waals surface area contributed by atoms with Crippen molar-refractivity contribution in [1.29, 1.82) is 0 Å². The van der Waals surface area contributed by atoms with E-state index >= 15 is 0 Å². The van der Waals surface area contributed by atoms with Crippen molar-refractivity contribution in [1.82, 2.24) is 9.21 Å². The highest BCUT2D eigenvalue weighted by Crippen LogP contribution is 2.47. The van der Waals surface area contributed by atoms with Crippen LogP contribution in [0.15, 0.2) is 42.5 Å². The molecule has 1 saturated heterocycles. The number of fused-ring (bicyclic) bond motifs is 1. The third-order valence-corrected chi connectivity index (χ3v) is 9.63. The van der Waals surface area contributed by atoms with E-state index in [2.05, 4.69) is 11.8 Å². The summed E-state index contributed by atoms with van der Waals surface area (Å²) in [5.74, 6) is 0.150. The molecule has 0 aliphatic carbocycles. The first-order valence-corrected chi connectivity index (χ1v) is 15.4. The van der Waals surface area contributed by atoms with E-state index in [1.165, 1.54) is 0 Å². The highest BCUT2D eigenvalue weighted by Gasteiger charge is 2.47. The molecule has 0 amide bonds. The van der Waals surface area contributed by atoms with Crippen LogP contribution in [0.3, 0.4) is 0 Å². The van der Waals surface area contributed by atoms with Crippen molar-refractivity contribution in [3.05, 3.63) is 53.6 Å². The normalized spacial score (nSPS) is 21.0. The number of rotatable bonds is 14. The second kappa shape index (κ2) is 13.0. The molecular formula is C29H40N2O7S. The average molecular weight is 561 g/mol. The lowest BCUT2D eigenvalue weighted by Crippen LogP contribution is -2.40. The molecule has 2 aromatic carbocycles. The Morgan fingerprint density at radius 1 is 1.03 bits per heavy atom. The molecule has 0 bridgehead atoms. The highest BCUT2D eigenvalue weighted by molar-refractivity contribution is 7.89. The third kappa shape index (κ3) is 6.67. The van der Waals surface area contributed by atoms with Gasteiger partial charge in [0.15, 0.2) is 11.5 Å². The van der Waals surface area contributed by atoms with Crippen LogP contribution in [0.25, 0.3) is 0 Å². The van der Waals surface area contributed by atoms with Crippen molar-refractivity contribution in [3.63, 3.8) is 0 Å². The van der Waals surface area contributed by atoms with Gasteiger partial charge in [-0.15, -0.1) is 0 Å². The minimum absolute atomic E-state index is 0.139. The Kier molecular flexibility index (Phi) is 9.74. The van der Waals surface area contributed by atoms with Crippen molar-refractivity contribution in [2.24, 2.45) is 5.92 Å². The number of hydrogen-bond donors (Lipinski definition) is 1. The number of aliphatic carboxylic acids is 1. The Morgan fingerprint density at radius 2 is 1.74 bits per heavy atom. The number of likely N-dealkylation sites (tertiary alicyclic amines) is 1. The van der Waals surface area contributed by atoms with Crippen LogP contribution in [0.5, 0.6) is 17.2 Å². The largest absolute Gasteiger partial charge is 0.497 e. The molecule has 2 heterocycles. The molecule has 10 heteroatoms. The summed E-state index contributed by atoms with van der Waals surface area (Å²) >= 11 is 0. The summed E-state index contributed by atoms with van der Waals surface area (Å²) in [4.78, 5) is 14.9. The maximum atomic E-state index is 13.2. The third-order valence-electron chi connectivity index (χ3n) is 7.67. The molecule has 0 saturated carbocycles. The number of carboxylic acid groups (broad SMARTS) is 1. The van der Waals surface area contributed by atoms with E-state index in [9.17, 15) is 18.3 Å². The molecular weight excluding hydrogens is 520 g/mol. The zero-order valence-electron chi connectivity index (χ0n) is 23.0. The van der Waals surface area contributed by atoms with E-state index in [4.69, 9.17) is 14.2 Å². The van der Waals surface area contributed by atoms with Crippen molar-refractivity contribution in [3.8, 4) is 17.2 Å². The number of carbonyl (C=O) groups is 1. The molecule has 39 heavy (non-hydrogen) atoms. The van der Waals surface area contributed by atoms with Gasteiger partial charge in [0.25, 0.3) is 0 Å². The first kappa shape index (κ1) is 29.2. The first-order chi connectivity index (χ1) is 18.8. The second-order valence-corrected chi connectivity index (χ2v) is 12.3. The van der Waals surface area contributed by atoms with Gasteiger partial charge in [-0.3, -0.25) is 9.69 Å². The maximum absolute atomic E-state index is 13.2. The van der Waals surface area contributed by atoms with E-state index in [1.807, 2.05) is 49.4 Å². The Hall–Kier alpha value is -2.82. The quantitative estimate of drug-likeness (QED) is 0.337. The van der Waals surface area contributed by atoms with Crippen molar-refractivity contribution in [2.45, 2.75) is 51.5 Å². The Morgan fingerprint density at radius 3 is 2.41 bits per heavy atom. The SMILES string of the molecule is CCCCCS(=O)(=O)N(CCC)CCN1C[C@H](c2ccc3c(c2)OCO3)[C@H](C(=O)O)[C@H]1c1ccc(OC)cc1. The second-order valence-electron chi connectivity index (χ2n) is 10.2. The van der Waals surface area contributed by atoms with Crippen LogP contribution >= 0.6 is 0 Å². The summed E-state index contributed by atoms with van der Waals surface area (Å²) in [7, 11) is -1.81. The summed E-state index contributed by atoms with van der Waals surface area (Å²) in [6.45, 7) is 5.84. The number of sulfonamides is 1. The fourth-order valence-electron chi connectivity index (χ4n) is 5.68. The van der Waals surface area contributed by atoms with Gasteiger partial charge in [0.05, 0.1) is 18.8 Å². The zero-order chi connectivity index (χ0) is 28.0. The van der Waals surface area contributed by atoms with Crippen molar-refractivity contribution in [2.75, 3.05) is 45.8 Å². The molecule has 0 unspecified atom stereocenters. The van der Waals surface area contributed by atoms with Crippen LogP contribution in [0.4, 0.5) is 0 Å². The summed E-state index contributed by atoms with van der Waals surface area (Å²) in [5, 5.41) is 10.5. The Balaban J connectivity index is 1.64. The average Bonchev–Trinajstić information content (AvgIpc) is 3.55. The van der Waals surface area contributed by atoms with Gasteiger partial charge in [-0.2, -0.15) is 0 Å². The number of hydrogen-bond acceptors (Lipinski definition) is 7. The first-order valence-electron chi connectivity index (χ1n) is 13.8. The minimum Gasteiger partial charge on any atom is -0.497 e. The van der Waals surface area contributed by atoms with Gasteiger partial charge in [0.2, 0.25) is 16.8 Å². The van der Waals surface area contributed by atoms with Crippen molar-refractivity contribution < 1.29 is 32.5 Å². The van der Waals surface area contributed by atoms with Gasteiger partial charge >= 0.3 is 5.97 Å². The molecule has 0 radical (unpaired) electrons. The number of unbranched alkanes of at least 4 members (excludes halogenated alkanes) is 2. The molecule has 2 aromatic rings. The molecule has 9 nitrogen and oxygen atoms in total. The predicted molar refractivity (Wildman–Crippen MR) is 149 cm³/mol. The van der Waals surface area contributed by atoms with Crippen molar-refractivity contribution >= 4 is 16.0 Å². The van der Waals surface area contributed by atoms with E-state index in [0.29, 0.717) is 56.3 Å². The highest BCUT2D eigenvalue weighted by atomic mass is 32.2. The number of carboxylic acids is 1. The fourth-order valence-corrected chi connectivity index (χ4v) is 7.33. The molecule has 0 aromatic heterocycles. The van der Waals surface area contributed by atoms with Gasteiger partial charge in [0.1, 0.15) is 5.75 Å². The van der Waals surface area contributed by atoms with E-state index in [-0.39, 0.29) is 18.5 Å². The van der Waals surface area contributed by atoms with Crippen LogP contribution in [-0.4, -0.2) is 74.5 Å². The lowest BCUT2D eigenvalue weighted by atomic mass is 9.82. The smallest absolute Gasteiger partial charge is 0.309 e. The predicted octanol–water partition coefficient (Wildman–Crippen LogP) is 4.50. The number of benzene rings is 2. The van der Waals surface area contributed by atoms with E-state index in [1.54, 1.807) is 11.4 Å². The molecule has 3 atom stereocenters. The molecule has 1 N–H and O–H groups in total. The summed E-state index contributed by atoms with van der Waals surface area (Å²) < 4.78 is 44.3. The molecule has 214 valence electrons. The Labute approximate surface area is 231 Å². The van der Waals surface area contributed by atoms with Gasteiger partial charge in [-0.05, 0) is 48.2 Å². The topological polar surface area (TPSA) is 106 Å². The van der Waals surface area contributed by atoms with E-state index < -0.39 is 28.0 Å². The van der Waals surface area contributed by atoms with Crippen LogP contribution in [0, 0.1) is 5.92 Å². The standard InChI is InChI=1S/C29H40N2O7S/c1-4-6-7-17-39(34,35)31(14-5-2)16-15-30-19-24(22-10-13-25-26(18-22)38-20-37-25)27(29(32)33)28(30)21-8-11-23(36-3)12-9-21/h8-13,18,24,27-28H,4-7,14-17,19-20H2,1-3H3,(H,32,33)/t24-,27+,28-/m1/s1. The van der Waals surface area contributed by atoms with Gasteiger partial charge in [-0.1, -0.05) is 44.9 Å². The minimum atomic E-state index is -3.40. The van der Waals surface area contributed by atoms with Crippen LogP contribution < -0.4 is 14.2 Å². The van der Waals surface area contributed by atoms with Gasteiger partial charge < -0.3 is 19.3 Å². The lowest BCUT2D eigenvalue weighted by Gasteiger charge is -2.30.